The Balaban J connectivity index is 1.60. The number of ether oxygens (including phenoxy) is 2. The van der Waals surface area contributed by atoms with E-state index in [4.69, 9.17) is 21.1 Å². The molecular formula is C17H15ClN2O6. The van der Waals surface area contributed by atoms with E-state index in [2.05, 4.69) is 5.32 Å². The highest BCUT2D eigenvalue weighted by molar-refractivity contribution is 6.31. The minimum absolute atomic E-state index is 0.123. The maximum atomic E-state index is 12.2. The Kier molecular flexibility index (Phi) is 5.24. The smallest absolute Gasteiger partial charge is 0.282 e. The summed E-state index contributed by atoms with van der Waals surface area (Å²) in [5.41, 5.74) is 0.167. The third-order valence-corrected chi connectivity index (χ3v) is 4.12. The number of amides is 1. The predicted octanol–water partition coefficient (Wildman–Crippen LogP) is 2.83. The number of carbonyl (C=O) groups is 1. The molecule has 0 bridgehead atoms. The van der Waals surface area contributed by atoms with Crippen molar-refractivity contribution in [2.45, 2.75) is 12.5 Å². The summed E-state index contributed by atoms with van der Waals surface area (Å²) in [6, 6.07) is 8.86. The monoisotopic (exact) mass is 378 g/mol. The lowest BCUT2D eigenvalue weighted by atomic mass is 10.1. The van der Waals surface area contributed by atoms with E-state index < -0.39 is 16.9 Å². The van der Waals surface area contributed by atoms with Crippen LogP contribution in [0.15, 0.2) is 36.4 Å². The molecule has 8 nitrogen and oxygen atoms in total. The van der Waals surface area contributed by atoms with Crippen LogP contribution in [-0.4, -0.2) is 29.3 Å². The first-order valence-electron chi connectivity index (χ1n) is 7.75. The molecule has 2 aromatic carbocycles. The van der Waals surface area contributed by atoms with Crippen LogP contribution in [0.3, 0.4) is 0 Å². The third kappa shape index (κ3) is 3.87. The molecule has 26 heavy (non-hydrogen) atoms. The van der Waals surface area contributed by atoms with Gasteiger partial charge in [0.15, 0.2) is 11.5 Å². The van der Waals surface area contributed by atoms with Gasteiger partial charge in [-0.2, -0.15) is 0 Å². The number of fused-ring (bicyclic) bond motifs is 1. The molecule has 1 atom stereocenters. The van der Waals surface area contributed by atoms with Gasteiger partial charge in [-0.1, -0.05) is 17.7 Å². The maximum absolute atomic E-state index is 12.2. The molecule has 136 valence electrons. The highest BCUT2D eigenvalue weighted by Gasteiger charge is 2.21. The van der Waals surface area contributed by atoms with Crippen molar-refractivity contribution in [3.8, 4) is 11.5 Å². The highest BCUT2D eigenvalue weighted by atomic mass is 35.5. The van der Waals surface area contributed by atoms with E-state index in [0.29, 0.717) is 17.1 Å². The van der Waals surface area contributed by atoms with Crippen molar-refractivity contribution >= 4 is 23.2 Å². The zero-order chi connectivity index (χ0) is 18.7. The second-order valence-electron chi connectivity index (χ2n) is 5.59. The molecule has 1 heterocycles. The van der Waals surface area contributed by atoms with E-state index in [1.807, 2.05) is 0 Å². The van der Waals surface area contributed by atoms with Crippen LogP contribution in [0.4, 0.5) is 5.69 Å². The fourth-order valence-corrected chi connectivity index (χ4v) is 2.73. The van der Waals surface area contributed by atoms with Gasteiger partial charge in [0.05, 0.1) is 11.0 Å². The van der Waals surface area contributed by atoms with Gasteiger partial charge >= 0.3 is 0 Å². The van der Waals surface area contributed by atoms with E-state index in [9.17, 15) is 20.0 Å². The van der Waals surface area contributed by atoms with E-state index in [0.717, 1.165) is 0 Å². The van der Waals surface area contributed by atoms with Crippen LogP contribution in [0.25, 0.3) is 0 Å². The first-order chi connectivity index (χ1) is 12.5. The molecule has 1 aliphatic rings. The summed E-state index contributed by atoms with van der Waals surface area (Å²) in [7, 11) is 0. The van der Waals surface area contributed by atoms with Gasteiger partial charge in [-0.3, -0.25) is 14.9 Å². The van der Waals surface area contributed by atoms with Gasteiger partial charge in [-0.15, -0.1) is 0 Å². The molecule has 1 unspecified atom stereocenters. The number of nitrogens with one attached hydrogen (secondary N) is 1. The van der Waals surface area contributed by atoms with Crippen LogP contribution in [0.5, 0.6) is 11.5 Å². The molecular weight excluding hydrogens is 364 g/mol. The fraction of sp³-hybridized carbons (Fsp3) is 0.235. The summed E-state index contributed by atoms with van der Waals surface area (Å²) in [5, 5.41) is 24.0. The lowest BCUT2D eigenvalue weighted by molar-refractivity contribution is -0.385. The maximum Gasteiger partial charge on any atom is 0.282 e. The largest absolute Gasteiger partial charge is 0.454 e. The van der Waals surface area contributed by atoms with Crippen LogP contribution >= 0.6 is 11.6 Å². The van der Waals surface area contributed by atoms with Crippen molar-refractivity contribution in [1.29, 1.82) is 0 Å². The standard InChI is InChI=1S/C17H15ClN2O6/c18-11-2-3-13(20(23)24)12(8-11)17(22)19-6-5-14(21)10-1-4-15-16(7-10)26-9-25-15/h1-4,7-8,14,21H,5-6,9H2,(H,19,22). The number of hydrogen-bond acceptors (Lipinski definition) is 6. The lowest BCUT2D eigenvalue weighted by Gasteiger charge is -2.12. The molecule has 0 saturated carbocycles. The number of carbonyl (C=O) groups excluding carboxylic acids is 1. The van der Waals surface area contributed by atoms with Crippen molar-refractivity contribution in [1.82, 2.24) is 5.32 Å². The van der Waals surface area contributed by atoms with Gasteiger partial charge < -0.3 is 19.9 Å². The molecule has 2 N–H and O–H groups in total. The Hall–Kier alpha value is -2.84. The highest BCUT2D eigenvalue weighted by Crippen LogP contribution is 2.34. The summed E-state index contributed by atoms with van der Waals surface area (Å²) >= 11 is 5.81. The van der Waals surface area contributed by atoms with Crippen LogP contribution in [-0.2, 0) is 0 Å². The van der Waals surface area contributed by atoms with E-state index in [1.54, 1.807) is 18.2 Å². The van der Waals surface area contributed by atoms with Crippen molar-refractivity contribution in [3.05, 3.63) is 62.7 Å². The lowest BCUT2D eigenvalue weighted by Crippen LogP contribution is -2.26. The molecule has 0 spiro atoms. The minimum atomic E-state index is -0.834. The molecule has 0 aliphatic carbocycles. The van der Waals surface area contributed by atoms with Gasteiger partial charge in [0.1, 0.15) is 5.56 Å². The molecule has 1 aliphatic heterocycles. The summed E-state index contributed by atoms with van der Waals surface area (Å²) in [4.78, 5) is 22.6. The average Bonchev–Trinajstić information content (AvgIpc) is 3.08. The number of benzene rings is 2. The SMILES string of the molecule is O=C(NCCC(O)c1ccc2c(c1)OCO2)c1cc(Cl)ccc1[N+](=O)[O-]. The number of nitrogens with zero attached hydrogens (tertiary/aromatic N) is 1. The first-order valence-corrected chi connectivity index (χ1v) is 8.13. The van der Waals surface area contributed by atoms with Crippen molar-refractivity contribution in [3.63, 3.8) is 0 Å². The topological polar surface area (TPSA) is 111 Å². The fourth-order valence-electron chi connectivity index (χ4n) is 2.55. The van der Waals surface area contributed by atoms with Gasteiger partial charge in [0, 0.05) is 17.6 Å². The molecule has 0 radical (unpaired) electrons. The predicted molar refractivity (Wildman–Crippen MR) is 92.6 cm³/mol. The number of rotatable bonds is 6. The third-order valence-electron chi connectivity index (χ3n) is 3.88. The number of nitro groups is 1. The van der Waals surface area contributed by atoms with Crippen LogP contribution < -0.4 is 14.8 Å². The summed E-state index contributed by atoms with van der Waals surface area (Å²) < 4.78 is 10.5. The van der Waals surface area contributed by atoms with Crippen LogP contribution in [0.1, 0.15) is 28.4 Å². The summed E-state index contributed by atoms with van der Waals surface area (Å²) in [6.45, 7) is 0.265. The van der Waals surface area contributed by atoms with Crippen LogP contribution in [0.2, 0.25) is 5.02 Å². The van der Waals surface area contributed by atoms with E-state index >= 15 is 0 Å². The molecule has 1 amide bonds. The second kappa shape index (κ2) is 7.59. The zero-order valence-corrected chi connectivity index (χ0v) is 14.2. The molecule has 2 aromatic rings. The minimum Gasteiger partial charge on any atom is -0.454 e. The molecule has 0 fully saturated rings. The first kappa shape index (κ1) is 18.0. The number of halogens is 1. The quantitative estimate of drug-likeness (QED) is 0.590. The molecule has 9 heteroatoms. The summed E-state index contributed by atoms with van der Waals surface area (Å²) in [5.74, 6) is 0.541. The Morgan fingerprint density at radius 1 is 1.27 bits per heavy atom. The van der Waals surface area contributed by atoms with Gasteiger partial charge in [0.2, 0.25) is 6.79 Å². The normalized spacial score (nSPS) is 13.3. The molecule has 3 rings (SSSR count). The molecule has 0 saturated heterocycles. The number of nitro benzene ring substituents is 1. The van der Waals surface area contributed by atoms with Crippen molar-refractivity contribution in [2.24, 2.45) is 0 Å². The Labute approximate surface area is 153 Å². The van der Waals surface area contributed by atoms with Crippen LogP contribution in [0, 0.1) is 10.1 Å². The Morgan fingerprint density at radius 3 is 2.81 bits per heavy atom. The molecule has 0 aromatic heterocycles. The number of hydrogen-bond donors (Lipinski definition) is 2. The summed E-state index contributed by atoms with van der Waals surface area (Å²) in [6.07, 6.45) is -0.612. The van der Waals surface area contributed by atoms with Gasteiger partial charge in [-0.25, -0.2) is 0 Å². The average molecular weight is 379 g/mol. The van der Waals surface area contributed by atoms with Gasteiger partial charge in [0.25, 0.3) is 11.6 Å². The van der Waals surface area contributed by atoms with Crippen molar-refractivity contribution < 1.29 is 24.3 Å². The van der Waals surface area contributed by atoms with E-state index in [1.165, 1.54) is 18.2 Å². The zero-order valence-electron chi connectivity index (χ0n) is 13.5. The van der Waals surface area contributed by atoms with Crippen molar-refractivity contribution in [2.75, 3.05) is 13.3 Å². The number of aliphatic hydroxyl groups is 1. The number of aliphatic hydroxyl groups excluding tert-OH is 1. The van der Waals surface area contributed by atoms with Gasteiger partial charge in [-0.05, 0) is 36.2 Å². The Bertz CT molecular complexity index is 857. The Morgan fingerprint density at radius 2 is 2.04 bits per heavy atom. The van der Waals surface area contributed by atoms with E-state index in [-0.39, 0.29) is 36.0 Å². The second-order valence-corrected chi connectivity index (χ2v) is 6.03.